The van der Waals surface area contributed by atoms with Gasteiger partial charge in [-0.2, -0.15) is 5.26 Å². The van der Waals surface area contributed by atoms with Crippen LogP contribution in [0.1, 0.15) is 47.9 Å². The second kappa shape index (κ2) is 10.2. The summed E-state index contributed by atoms with van der Waals surface area (Å²) in [5, 5.41) is 12.0. The van der Waals surface area contributed by atoms with Crippen molar-refractivity contribution in [2.24, 2.45) is 5.92 Å². The van der Waals surface area contributed by atoms with E-state index in [1.54, 1.807) is 4.90 Å². The molecule has 1 N–H and O–H groups in total. The van der Waals surface area contributed by atoms with Gasteiger partial charge in [-0.05, 0) is 48.4 Å². The number of hydrogen-bond donors (Lipinski definition) is 1. The molecule has 0 spiro atoms. The smallest absolute Gasteiger partial charge is 0.318 e. The number of nitrogens with zero attached hydrogens (tertiary/aromatic N) is 4. The summed E-state index contributed by atoms with van der Waals surface area (Å²) in [5.41, 5.74) is 2.51. The Labute approximate surface area is 191 Å². The second-order valence-corrected chi connectivity index (χ2v) is 8.63. The average molecular weight is 458 g/mol. The lowest BCUT2D eigenvalue weighted by atomic mass is 9.96. The number of fused-ring (bicyclic) bond motifs is 1. The van der Waals surface area contributed by atoms with E-state index in [1.165, 1.54) is 18.2 Å². The molecule has 0 bridgehead atoms. The maximum atomic E-state index is 13.5. The Morgan fingerprint density at radius 3 is 2.97 bits per heavy atom. The first-order chi connectivity index (χ1) is 15.5. The molecule has 9 heteroatoms. The zero-order valence-electron chi connectivity index (χ0n) is 17.7. The minimum absolute atomic E-state index is 0.0413. The van der Waals surface area contributed by atoms with Crippen molar-refractivity contribution in [2.45, 2.75) is 44.7 Å². The number of rotatable bonds is 5. The number of halogens is 2. The van der Waals surface area contributed by atoms with Crippen molar-refractivity contribution in [1.82, 2.24) is 20.2 Å². The van der Waals surface area contributed by atoms with Gasteiger partial charge >= 0.3 is 6.03 Å². The van der Waals surface area contributed by atoms with Crippen molar-refractivity contribution in [3.8, 4) is 6.07 Å². The summed E-state index contributed by atoms with van der Waals surface area (Å²) in [5.74, 6) is 0.793. The van der Waals surface area contributed by atoms with E-state index in [1.807, 2.05) is 6.20 Å². The SMILES string of the molecule is N#CC[C@@H](NC(=O)N1CCc2cnc(CC3CCOCC3)nc2C1)c1ccc(F)c(Cl)c1. The minimum Gasteiger partial charge on any atom is -0.381 e. The lowest BCUT2D eigenvalue weighted by molar-refractivity contribution is 0.0659. The topological polar surface area (TPSA) is 91.1 Å². The lowest BCUT2D eigenvalue weighted by Crippen LogP contribution is -2.44. The zero-order chi connectivity index (χ0) is 22.5. The molecule has 2 amide bonds. The number of aromatic nitrogens is 2. The van der Waals surface area contributed by atoms with E-state index in [2.05, 4.69) is 16.4 Å². The van der Waals surface area contributed by atoms with E-state index in [0.717, 1.165) is 49.6 Å². The Hall–Kier alpha value is -2.76. The van der Waals surface area contributed by atoms with Gasteiger partial charge in [0.2, 0.25) is 0 Å². The number of carbonyl (C=O) groups excluding carboxylic acids is 1. The van der Waals surface area contributed by atoms with Crippen LogP contribution in [0.3, 0.4) is 0 Å². The Morgan fingerprint density at radius 2 is 2.22 bits per heavy atom. The Kier molecular flexibility index (Phi) is 7.18. The van der Waals surface area contributed by atoms with Gasteiger partial charge in [-0.15, -0.1) is 0 Å². The predicted octanol–water partition coefficient (Wildman–Crippen LogP) is 3.96. The summed E-state index contributed by atoms with van der Waals surface area (Å²) in [4.78, 5) is 23.9. The molecule has 2 aromatic rings. The molecule has 0 radical (unpaired) electrons. The fourth-order valence-electron chi connectivity index (χ4n) is 4.14. The van der Waals surface area contributed by atoms with Crippen LogP contribution >= 0.6 is 11.6 Å². The molecule has 4 rings (SSSR count). The van der Waals surface area contributed by atoms with Gasteiger partial charge in [0.15, 0.2) is 0 Å². The van der Waals surface area contributed by atoms with Crippen molar-refractivity contribution in [3.05, 3.63) is 57.9 Å². The molecule has 0 unspecified atom stereocenters. The summed E-state index contributed by atoms with van der Waals surface area (Å²) in [6.07, 6.45) is 5.45. The van der Waals surface area contributed by atoms with Crippen molar-refractivity contribution in [2.75, 3.05) is 19.8 Å². The first kappa shape index (κ1) is 22.4. The van der Waals surface area contributed by atoms with E-state index in [0.29, 0.717) is 31.0 Å². The summed E-state index contributed by atoms with van der Waals surface area (Å²) < 4.78 is 18.9. The fourth-order valence-corrected chi connectivity index (χ4v) is 4.33. The summed E-state index contributed by atoms with van der Waals surface area (Å²) in [6.45, 7) is 2.48. The summed E-state index contributed by atoms with van der Waals surface area (Å²) in [6, 6.07) is 5.41. The highest BCUT2D eigenvalue weighted by molar-refractivity contribution is 6.30. The first-order valence-electron chi connectivity index (χ1n) is 10.8. The summed E-state index contributed by atoms with van der Waals surface area (Å²) >= 11 is 5.88. The largest absolute Gasteiger partial charge is 0.381 e. The monoisotopic (exact) mass is 457 g/mol. The number of amides is 2. The molecular formula is C23H25ClFN5O2. The molecule has 3 heterocycles. The van der Waals surface area contributed by atoms with E-state index >= 15 is 0 Å². The highest BCUT2D eigenvalue weighted by Crippen LogP contribution is 2.25. The Balaban J connectivity index is 1.43. The molecule has 168 valence electrons. The standard InChI is InChI=1S/C23H25ClFN5O2/c24-18-12-16(1-2-19(18)25)20(3-7-26)29-23(31)30-8-4-17-13-27-22(28-21(17)14-30)11-15-5-9-32-10-6-15/h1-2,12-13,15,20H,3-6,8-11,14H2,(H,29,31)/t20-/m1/s1. The third-order valence-corrected chi connectivity index (χ3v) is 6.32. The molecule has 2 aliphatic rings. The Morgan fingerprint density at radius 1 is 1.41 bits per heavy atom. The van der Waals surface area contributed by atoms with Crippen LogP contribution in [0, 0.1) is 23.1 Å². The van der Waals surface area contributed by atoms with E-state index < -0.39 is 11.9 Å². The van der Waals surface area contributed by atoms with Crippen molar-refractivity contribution >= 4 is 17.6 Å². The third-order valence-electron chi connectivity index (χ3n) is 6.03. The van der Waals surface area contributed by atoms with Gasteiger partial charge < -0.3 is 15.0 Å². The van der Waals surface area contributed by atoms with Crippen LogP contribution in [0.4, 0.5) is 9.18 Å². The number of benzene rings is 1. The average Bonchev–Trinajstić information content (AvgIpc) is 2.81. The van der Waals surface area contributed by atoms with Crippen LogP contribution in [0.15, 0.2) is 24.4 Å². The van der Waals surface area contributed by atoms with Crippen LogP contribution in [0.2, 0.25) is 5.02 Å². The molecule has 1 fully saturated rings. The maximum absolute atomic E-state index is 13.5. The van der Waals surface area contributed by atoms with Gasteiger partial charge in [0.1, 0.15) is 11.6 Å². The first-order valence-corrected chi connectivity index (χ1v) is 11.2. The van der Waals surface area contributed by atoms with Gasteiger partial charge in [0.05, 0.1) is 35.8 Å². The van der Waals surface area contributed by atoms with Gasteiger partial charge in [-0.25, -0.2) is 19.2 Å². The number of hydrogen-bond acceptors (Lipinski definition) is 5. The normalized spacial score (nSPS) is 17.3. The number of urea groups is 1. The van der Waals surface area contributed by atoms with Crippen molar-refractivity contribution < 1.29 is 13.9 Å². The zero-order valence-corrected chi connectivity index (χ0v) is 18.4. The fraction of sp³-hybridized carbons (Fsp3) is 0.478. The lowest BCUT2D eigenvalue weighted by Gasteiger charge is -2.30. The van der Waals surface area contributed by atoms with Gasteiger partial charge in [-0.1, -0.05) is 17.7 Å². The number of nitrogens with one attached hydrogen (secondary N) is 1. The van der Waals surface area contributed by atoms with Crippen LogP contribution in [-0.2, 0) is 24.1 Å². The van der Waals surface area contributed by atoms with Crippen LogP contribution in [0.5, 0.6) is 0 Å². The molecule has 0 saturated carbocycles. The summed E-state index contributed by atoms with van der Waals surface area (Å²) in [7, 11) is 0. The second-order valence-electron chi connectivity index (χ2n) is 8.23. The van der Waals surface area contributed by atoms with Crippen LogP contribution < -0.4 is 5.32 Å². The molecule has 32 heavy (non-hydrogen) atoms. The third kappa shape index (κ3) is 5.34. The quantitative estimate of drug-likeness (QED) is 0.733. The van der Waals surface area contributed by atoms with Gasteiger partial charge in [-0.3, -0.25) is 0 Å². The van der Waals surface area contributed by atoms with Crippen LogP contribution in [0.25, 0.3) is 0 Å². The maximum Gasteiger partial charge on any atom is 0.318 e. The number of nitriles is 1. The highest BCUT2D eigenvalue weighted by Gasteiger charge is 2.26. The molecule has 1 aromatic carbocycles. The molecule has 0 aliphatic carbocycles. The van der Waals surface area contributed by atoms with Gasteiger partial charge in [0.25, 0.3) is 0 Å². The molecule has 1 saturated heterocycles. The molecule has 2 aliphatic heterocycles. The molecular weight excluding hydrogens is 433 g/mol. The minimum atomic E-state index is -0.582. The van der Waals surface area contributed by atoms with Crippen LogP contribution in [-0.4, -0.2) is 40.7 Å². The van der Waals surface area contributed by atoms with E-state index in [9.17, 15) is 14.4 Å². The number of carbonyl (C=O) groups is 1. The molecule has 1 aromatic heterocycles. The van der Waals surface area contributed by atoms with E-state index in [4.69, 9.17) is 21.3 Å². The van der Waals surface area contributed by atoms with Gasteiger partial charge in [0, 0.05) is 32.4 Å². The Bertz CT molecular complexity index is 1020. The van der Waals surface area contributed by atoms with Crippen molar-refractivity contribution in [1.29, 1.82) is 5.26 Å². The van der Waals surface area contributed by atoms with E-state index in [-0.39, 0.29) is 17.5 Å². The molecule has 7 nitrogen and oxygen atoms in total. The highest BCUT2D eigenvalue weighted by atomic mass is 35.5. The van der Waals surface area contributed by atoms with Crippen molar-refractivity contribution in [3.63, 3.8) is 0 Å². The number of ether oxygens (including phenoxy) is 1. The molecule has 1 atom stereocenters. The predicted molar refractivity (Wildman–Crippen MR) is 116 cm³/mol.